The molecule has 0 aliphatic carbocycles. The van der Waals surface area contributed by atoms with Gasteiger partial charge in [-0.3, -0.25) is 37.3 Å². The molecule has 0 rings (SSSR count). The highest BCUT2D eigenvalue weighted by Crippen LogP contribution is 2.45. The second-order valence-corrected chi connectivity index (χ2v) is 30.3. The van der Waals surface area contributed by atoms with Crippen LogP contribution in [-0.2, 0) is 65.4 Å². The summed E-state index contributed by atoms with van der Waals surface area (Å²) in [5.41, 5.74) is 0. The van der Waals surface area contributed by atoms with E-state index in [1.165, 1.54) is 238 Å². The Labute approximate surface area is 581 Å². The molecule has 0 aromatic rings. The summed E-state index contributed by atoms with van der Waals surface area (Å²) >= 11 is 0. The lowest BCUT2D eigenvalue weighted by molar-refractivity contribution is -0.161. The average Bonchev–Trinajstić information content (AvgIpc) is 1.98. The highest BCUT2D eigenvalue weighted by atomic mass is 31.2. The van der Waals surface area contributed by atoms with Gasteiger partial charge in [0.2, 0.25) is 0 Å². The molecule has 0 spiro atoms. The van der Waals surface area contributed by atoms with Crippen LogP contribution in [0, 0.1) is 0 Å². The first-order valence-electron chi connectivity index (χ1n) is 39.8. The van der Waals surface area contributed by atoms with Crippen molar-refractivity contribution in [1.82, 2.24) is 0 Å². The van der Waals surface area contributed by atoms with E-state index >= 15 is 0 Å². The minimum atomic E-state index is -4.96. The van der Waals surface area contributed by atoms with Crippen LogP contribution in [-0.4, -0.2) is 96.7 Å². The molecule has 0 aromatic heterocycles. The van der Waals surface area contributed by atoms with Crippen molar-refractivity contribution >= 4 is 39.5 Å². The third kappa shape index (κ3) is 70.3. The van der Waals surface area contributed by atoms with Gasteiger partial charge in [-0.05, 0) is 25.7 Å². The summed E-state index contributed by atoms with van der Waals surface area (Å²) in [6.07, 6.45) is 61.0. The number of carbonyl (C=O) groups is 4. The van der Waals surface area contributed by atoms with Crippen molar-refractivity contribution < 1.29 is 80.2 Å². The van der Waals surface area contributed by atoms with Crippen LogP contribution in [0.3, 0.4) is 0 Å². The predicted octanol–water partition coefficient (Wildman–Crippen LogP) is 22.6. The second-order valence-electron chi connectivity index (χ2n) is 27.4. The number of phosphoric acid groups is 2. The van der Waals surface area contributed by atoms with Crippen LogP contribution in [0.15, 0.2) is 0 Å². The molecule has 19 heteroatoms. The van der Waals surface area contributed by atoms with Crippen LogP contribution >= 0.6 is 15.6 Å². The fourth-order valence-electron chi connectivity index (χ4n) is 11.8. The summed E-state index contributed by atoms with van der Waals surface area (Å²) in [6.45, 7) is 4.98. The van der Waals surface area contributed by atoms with E-state index in [1.54, 1.807) is 0 Å². The molecule has 0 aliphatic heterocycles. The van der Waals surface area contributed by atoms with Crippen molar-refractivity contribution in [3.05, 3.63) is 0 Å². The number of unbranched alkanes of at least 4 members (excludes halogenated alkanes) is 51. The Kier molecular flexibility index (Phi) is 69.1. The smallest absolute Gasteiger partial charge is 0.462 e. The van der Waals surface area contributed by atoms with E-state index in [2.05, 4.69) is 27.7 Å². The van der Waals surface area contributed by atoms with E-state index in [0.717, 1.165) is 89.9 Å². The molecule has 0 radical (unpaired) electrons. The standard InChI is InChI=1S/C76H148O17P2/c1-5-9-13-17-21-25-29-31-33-34-35-36-37-38-40-43-47-51-55-59-63-76(81)93-72(67-87-74(79)61-57-53-49-45-42-39-32-30-26-22-18-14-10-6-2)69-91-95(84,85)89-65-70(77)64-88-94(82,83)90-68-71(66-86-73(78)60-56-52-48-44-28-24-20-16-12-8-4)92-75(80)62-58-54-50-46-41-27-23-19-15-11-7-3/h70-72,77H,5-69H2,1-4H3,(H,82,83)(H,84,85)/t70-,71+,72+/m0/s1. The van der Waals surface area contributed by atoms with Crippen molar-refractivity contribution in [2.24, 2.45) is 0 Å². The summed E-state index contributed by atoms with van der Waals surface area (Å²) in [7, 11) is -9.91. The largest absolute Gasteiger partial charge is 0.472 e. The fraction of sp³-hybridized carbons (Fsp3) is 0.947. The van der Waals surface area contributed by atoms with Crippen molar-refractivity contribution in [3.63, 3.8) is 0 Å². The quantitative estimate of drug-likeness (QED) is 0.0222. The zero-order valence-corrected chi connectivity index (χ0v) is 63.4. The SMILES string of the molecule is CCCCCCCCCCCCCCCCCCCCCCC(=O)O[C@H](COC(=O)CCCCCCCCCCCCCCCC)COP(=O)(O)OC[C@@H](O)COP(=O)(O)OC[C@@H](COC(=O)CCCCCCCCCCCC)OC(=O)CCCCCCCCCCCCC. The molecule has 564 valence electrons. The zero-order chi connectivity index (χ0) is 69.7. The van der Waals surface area contributed by atoms with Gasteiger partial charge < -0.3 is 33.8 Å². The molecule has 0 bridgehead atoms. The third-order valence-electron chi connectivity index (χ3n) is 17.9. The number of aliphatic hydroxyl groups is 1. The Morgan fingerprint density at radius 2 is 0.421 bits per heavy atom. The number of esters is 4. The number of aliphatic hydroxyl groups excluding tert-OH is 1. The lowest BCUT2D eigenvalue weighted by atomic mass is 10.0. The first-order valence-corrected chi connectivity index (χ1v) is 42.8. The number of ether oxygens (including phenoxy) is 4. The normalized spacial score (nSPS) is 13.9. The number of carbonyl (C=O) groups excluding carboxylic acids is 4. The highest BCUT2D eigenvalue weighted by molar-refractivity contribution is 7.47. The Morgan fingerprint density at radius 3 is 0.621 bits per heavy atom. The van der Waals surface area contributed by atoms with Gasteiger partial charge in [-0.25, -0.2) is 9.13 Å². The van der Waals surface area contributed by atoms with Gasteiger partial charge in [0, 0.05) is 25.7 Å². The topological polar surface area (TPSA) is 237 Å². The number of hydrogen-bond donors (Lipinski definition) is 3. The molecule has 0 saturated heterocycles. The van der Waals surface area contributed by atoms with E-state index in [9.17, 15) is 43.2 Å². The van der Waals surface area contributed by atoms with Gasteiger partial charge in [-0.15, -0.1) is 0 Å². The van der Waals surface area contributed by atoms with Gasteiger partial charge in [0.15, 0.2) is 12.2 Å². The first-order chi connectivity index (χ1) is 46.2. The Hall–Kier alpha value is -1.94. The monoisotopic (exact) mass is 1400 g/mol. The average molecular weight is 1400 g/mol. The van der Waals surface area contributed by atoms with E-state index in [0.29, 0.717) is 25.7 Å². The Balaban J connectivity index is 5.20. The summed E-state index contributed by atoms with van der Waals surface area (Å²) in [6, 6.07) is 0. The van der Waals surface area contributed by atoms with Gasteiger partial charge in [0.25, 0.3) is 0 Å². The summed E-state index contributed by atoms with van der Waals surface area (Å²) in [5, 5.41) is 10.6. The molecule has 0 saturated carbocycles. The molecule has 95 heavy (non-hydrogen) atoms. The second kappa shape index (κ2) is 70.5. The van der Waals surface area contributed by atoms with Crippen LogP contribution in [0.25, 0.3) is 0 Å². The fourth-order valence-corrected chi connectivity index (χ4v) is 13.3. The third-order valence-corrected chi connectivity index (χ3v) is 19.8. The number of rotatable bonds is 77. The molecule has 0 aromatic carbocycles. The Morgan fingerprint density at radius 1 is 0.253 bits per heavy atom. The van der Waals surface area contributed by atoms with Gasteiger partial charge in [0.1, 0.15) is 19.3 Å². The molecule has 3 N–H and O–H groups in total. The van der Waals surface area contributed by atoms with Crippen molar-refractivity contribution in [1.29, 1.82) is 0 Å². The van der Waals surface area contributed by atoms with Crippen LogP contribution < -0.4 is 0 Å². The van der Waals surface area contributed by atoms with Crippen molar-refractivity contribution in [2.75, 3.05) is 39.6 Å². The van der Waals surface area contributed by atoms with E-state index in [4.69, 9.17) is 37.0 Å². The van der Waals surface area contributed by atoms with Gasteiger partial charge in [-0.1, -0.05) is 355 Å². The van der Waals surface area contributed by atoms with E-state index < -0.39 is 97.5 Å². The molecule has 5 atom stereocenters. The number of phosphoric ester groups is 2. The first kappa shape index (κ1) is 93.1. The van der Waals surface area contributed by atoms with Gasteiger partial charge in [0.05, 0.1) is 26.4 Å². The van der Waals surface area contributed by atoms with Crippen LogP contribution in [0.1, 0.15) is 407 Å². The molecule has 2 unspecified atom stereocenters. The molecule has 17 nitrogen and oxygen atoms in total. The van der Waals surface area contributed by atoms with Gasteiger partial charge in [-0.2, -0.15) is 0 Å². The minimum Gasteiger partial charge on any atom is -0.462 e. The Bertz CT molecular complexity index is 1810. The maximum absolute atomic E-state index is 13.1. The maximum atomic E-state index is 13.1. The van der Waals surface area contributed by atoms with Crippen LogP contribution in [0.4, 0.5) is 0 Å². The van der Waals surface area contributed by atoms with Crippen molar-refractivity contribution in [3.8, 4) is 0 Å². The van der Waals surface area contributed by atoms with Crippen molar-refractivity contribution in [2.45, 2.75) is 425 Å². The van der Waals surface area contributed by atoms with Crippen LogP contribution in [0.2, 0.25) is 0 Å². The lowest BCUT2D eigenvalue weighted by Gasteiger charge is -2.21. The molecule has 0 fully saturated rings. The molecule has 0 aliphatic rings. The maximum Gasteiger partial charge on any atom is 0.472 e. The molecule has 0 heterocycles. The molecular formula is C76H148O17P2. The summed E-state index contributed by atoms with van der Waals surface area (Å²) in [5.74, 6) is -2.11. The summed E-state index contributed by atoms with van der Waals surface area (Å²) < 4.78 is 68.5. The van der Waals surface area contributed by atoms with E-state index in [1.807, 2.05) is 0 Å². The van der Waals surface area contributed by atoms with Gasteiger partial charge >= 0.3 is 39.5 Å². The van der Waals surface area contributed by atoms with Crippen LogP contribution in [0.5, 0.6) is 0 Å². The minimum absolute atomic E-state index is 0.108. The van der Waals surface area contributed by atoms with E-state index in [-0.39, 0.29) is 25.7 Å². The summed E-state index contributed by atoms with van der Waals surface area (Å²) in [4.78, 5) is 72.7. The highest BCUT2D eigenvalue weighted by Gasteiger charge is 2.30. The number of hydrogen-bond acceptors (Lipinski definition) is 15. The molecular weight excluding hydrogens is 1250 g/mol. The molecule has 0 amide bonds. The lowest BCUT2D eigenvalue weighted by Crippen LogP contribution is -2.30. The zero-order valence-electron chi connectivity index (χ0n) is 61.6. The predicted molar refractivity (Wildman–Crippen MR) is 386 cm³/mol.